The van der Waals surface area contributed by atoms with Crippen LogP contribution in [0.25, 0.3) is 0 Å². The van der Waals surface area contributed by atoms with Gasteiger partial charge in [0.2, 0.25) is 0 Å². The van der Waals surface area contributed by atoms with Gasteiger partial charge in [-0.25, -0.2) is 4.79 Å². The van der Waals surface area contributed by atoms with Crippen molar-refractivity contribution in [3.63, 3.8) is 0 Å². The van der Waals surface area contributed by atoms with Crippen molar-refractivity contribution in [3.05, 3.63) is 34.4 Å². The second-order valence-electron chi connectivity index (χ2n) is 2.95. The van der Waals surface area contributed by atoms with Crippen LogP contribution in [0.2, 0.25) is 0 Å². The molecule has 6 nitrogen and oxygen atoms in total. The minimum Gasteiger partial charge on any atom is -0.410 e. The summed E-state index contributed by atoms with van der Waals surface area (Å²) in [7, 11) is 0. The van der Waals surface area contributed by atoms with Gasteiger partial charge in [0, 0.05) is 6.07 Å². The Hall–Kier alpha value is -1.41. The predicted molar refractivity (Wildman–Crippen MR) is 68.7 cm³/mol. The highest BCUT2D eigenvalue weighted by molar-refractivity contribution is 7.81. The quantitative estimate of drug-likeness (QED) is 0.382. The Bertz CT molecular complexity index is 423. The summed E-state index contributed by atoms with van der Waals surface area (Å²) in [5.74, 6) is 0.409. The molecule has 17 heavy (non-hydrogen) atoms. The van der Waals surface area contributed by atoms with E-state index in [0.29, 0.717) is 0 Å². The van der Waals surface area contributed by atoms with Crippen LogP contribution in [-0.2, 0) is 0 Å². The van der Waals surface area contributed by atoms with E-state index in [1.807, 2.05) is 0 Å². The summed E-state index contributed by atoms with van der Waals surface area (Å²) in [4.78, 5) is 22.7. The number of ether oxygens (including phenoxy) is 1. The van der Waals surface area contributed by atoms with Crippen molar-refractivity contribution in [2.24, 2.45) is 0 Å². The minimum atomic E-state index is -0.657. The van der Waals surface area contributed by atoms with Gasteiger partial charge in [0.15, 0.2) is 0 Å². The zero-order valence-corrected chi connectivity index (χ0v) is 10.4. The highest BCUT2D eigenvalue weighted by Gasteiger charge is 2.14. The Morgan fingerprint density at radius 2 is 2.06 bits per heavy atom. The highest BCUT2D eigenvalue weighted by Crippen LogP contribution is 2.19. The summed E-state index contributed by atoms with van der Waals surface area (Å²) >= 11 is 7.84. The molecule has 0 saturated heterocycles. The normalized spacial score (nSPS) is 9.76. The number of amides is 1. The highest BCUT2D eigenvalue weighted by atomic mass is 32.1. The lowest BCUT2D eigenvalue weighted by Crippen LogP contribution is -2.31. The molecule has 0 radical (unpaired) electrons. The van der Waals surface area contributed by atoms with Crippen LogP contribution in [0.5, 0.6) is 5.75 Å². The molecule has 0 aromatic heterocycles. The largest absolute Gasteiger partial charge is 0.416 e. The fourth-order valence-corrected chi connectivity index (χ4v) is 1.57. The van der Waals surface area contributed by atoms with Crippen LogP contribution >= 0.6 is 25.3 Å². The zero-order chi connectivity index (χ0) is 12.8. The number of nitro benzene ring substituents is 1. The number of carbonyl (C=O) groups is 1. The van der Waals surface area contributed by atoms with Crippen molar-refractivity contribution in [1.29, 1.82) is 0 Å². The van der Waals surface area contributed by atoms with E-state index in [1.165, 1.54) is 29.2 Å². The number of carbonyl (C=O) groups excluding carboxylic acids is 1. The number of benzene rings is 1. The van der Waals surface area contributed by atoms with Gasteiger partial charge in [-0.2, -0.15) is 25.3 Å². The molecule has 0 unspecified atom stereocenters. The van der Waals surface area contributed by atoms with E-state index in [9.17, 15) is 14.9 Å². The Labute approximate surface area is 109 Å². The molecule has 0 saturated carbocycles. The number of nitro groups is 1. The van der Waals surface area contributed by atoms with Gasteiger partial charge in [-0.1, -0.05) is 6.07 Å². The van der Waals surface area contributed by atoms with E-state index >= 15 is 0 Å². The molecule has 1 aromatic rings. The monoisotopic (exact) mass is 274 g/mol. The summed E-state index contributed by atoms with van der Waals surface area (Å²) in [5, 5.41) is 10.5. The number of nitrogens with zero attached hydrogens (tertiary/aromatic N) is 2. The second kappa shape index (κ2) is 6.36. The van der Waals surface area contributed by atoms with Gasteiger partial charge < -0.3 is 4.74 Å². The van der Waals surface area contributed by atoms with E-state index in [1.54, 1.807) is 0 Å². The summed E-state index contributed by atoms with van der Waals surface area (Å²) in [6, 6.07) is 5.38. The summed E-state index contributed by atoms with van der Waals surface area (Å²) in [5.41, 5.74) is -0.140. The van der Waals surface area contributed by atoms with Crippen LogP contribution in [0, 0.1) is 10.1 Å². The van der Waals surface area contributed by atoms with Crippen molar-refractivity contribution in [2.45, 2.75) is 0 Å². The molecule has 1 rings (SSSR count). The van der Waals surface area contributed by atoms with Crippen molar-refractivity contribution in [1.82, 2.24) is 4.90 Å². The van der Waals surface area contributed by atoms with E-state index in [-0.39, 0.29) is 23.2 Å². The smallest absolute Gasteiger partial charge is 0.410 e. The number of hydrogen-bond donors (Lipinski definition) is 2. The third-order valence-electron chi connectivity index (χ3n) is 1.83. The molecule has 1 aromatic carbocycles. The van der Waals surface area contributed by atoms with Gasteiger partial charge in [-0.05, 0) is 6.07 Å². The molecule has 0 aliphatic carbocycles. The molecule has 0 spiro atoms. The fraction of sp³-hybridized carbons (Fsp3) is 0.222. The maximum Gasteiger partial charge on any atom is 0.416 e. The summed E-state index contributed by atoms with van der Waals surface area (Å²) in [6.07, 6.45) is -0.657. The number of non-ortho nitro benzene ring substituents is 1. The van der Waals surface area contributed by atoms with Crippen molar-refractivity contribution < 1.29 is 14.5 Å². The van der Waals surface area contributed by atoms with Gasteiger partial charge in [-0.3, -0.25) is 15.0 Å². The standard InChI is InChI=1S/C9H10N2O4S2/c12-9(10(5-16)6-17)15-8-3-1-2-7(4-8)11(13)14/h1-4,16-17H,5-6H2. The molecule has 0 N–H and O–H groups in total. The predicted octanol–water partition coefficient (Wildman–Crippen LogP) is 2.17. The molecule has 0 bridgehead atoms. The Morgan fingerprint density at radius 1 is 1.41 bits per heavy atom. The summed E-state index contributed by atoms with van der Waals surface area (Å²) < 4.78 is 4.93. The lowest BCUT2D eigenvalue weighted by Gasteiger charge is -2.16. The molecule has 92 valence electrons. The number of thiol groups is 2. The minimum absolute atomic E-state index is 0.109. The first-order valence-corrected chi connectivity index (χ1v) is 5.78. The molecule has 0 aliphatic rings. The first-order valence-electron chi connectivity index (χ1n) is 4.51. The molecular formula is C9H10N2O4S2. The maximum absolute atomic E-state index is 11.5. The molecular weight excluding hydrogens is 264 g/mol. The average molecular weight is 274 g/mol. The summed E-state index contributed by atoms with van der Waals surface area (Å²) in [6.45, 7) is 0. The Morgan fingerprint density at radius 3 is 2.59 bits per heavy atom. The van der Waals surface area contributed by atoms with E-state index in [0.717, 1.165) is 0 Å². The van der Waals surface area contributed by atoms with Gasteiger partial charge in [-0.15, -0.1) is 0 Å². The number of rotatable bonds is 4. The third-order valence-corrected chi connectivity index (χ3v) is 2.52. The van der Waals surface area contributed by atoms with Gasteiger partial charge >= 0.3 is 6.09 Å². The van der Waals surface area contributed by atoms with Crippen LogP contribution in [0.15, 0.2) is 24.3 Å². The Kier molecular flexibility index (Phi) is 5.11. The second-order valence-corrected chi connectivity index (χ2v) is 3.51. The lowest BCUT2D eigenvalue weighted by atomic mass is 10.3. The van der Waals surface area contributed by atoms with Crippen LogP contribution in [-0.4, -0.2) is 27.7 Å². The first-order chi connectivity index (χ1) is 8.08. The van der Waals surface area contributed by atoms with Crippen LogP contribution in [0.3, 0.4) is 0 Å². The van der Waals surface area contributed by atoms with Crippen LogP contribution in [0.1, 0.15) is 0 Å². The van der Waals surface area contributed by atoms with E-state index in [4.69, 9.17) is 4.74 Å². The van der Waals surface area contributed by atoms with E-state index in [2.05, 4.69) is 25.3 Å². The fourth-order valence-electron chi connectivity index (χ4n) is 0.986. The molecule has 0 heterocycles. The number of hydrogen-bond acceptors (Lipinski definition) is 6. The van der Waals surface area contributed by atoms with Crippen molar-refractivity contribution >= 4 is 37.0 Å². The van der Waals surface area contributed by atoms with Crippen LogP contribution < -0.4 is 4.74 Å². The molecule has 1 amide bonds. The SMILES string of the molecule is O=C(Oc1cccc([N+](=O)[O-])c1)N(CS)CS. The van der Waals surface area contributed by atoms with E-state index < -0.39 is 11.0 Å². The molecule has 8 heteroatoms. The van der Waals surface area contributed by atoms with Crippen LogP contribution in [0.4, 0.5) is 10.5 Å². The zero-order valence-electron chi connectivity index (χ0n) is 8.65. The van der Waals surface area contributed by atoms with Gasteiger partial charge in [0.1, 0.15) is 5.75 Å². The Balaban J connectivity index is 2.78. The van der Waals surface area contributed by atoms with Crippen molar-refractivity contribution in [2.75, 3.05) is 11.8 Å². The molecule has 0 atom stereocenters. The topological polar surface area (TPSA) is 72.7 Å². The third kappa shape index (κ3) is 3.82. The maximum atomic E-state index is 11.5. The first kappa shape index (κ1) is 13.7. The average Bonchev–Trinajstić information content (AvgIpc) is 2.30. The lowest BCUT2D eigenvalue weighted by molar-refractivity contribution is -0.384. The van der Waals surface area contributed by atoms with Gasteiger partial charge in [0.05, 0.1) is 22.7 Å². The van der Waals surface area contributed by atoms with Gasteiger partial charge in [0.25, 0.3) is 5.69 Å². The molecule has 0 fully saturated rings. The molecule has 0 aliphatic heterocycles. The van der Waals surface area contributed by atoms with Crippen molar-refractivity contribution in [3.8, 4) is 5.75 Å².